The van der Waals surface area contributed by atoms with Crippen molar-refractivity contribution in [3.05, 3.63) is 65.5 Å². The first kappa shape index (κ1) is 20.1. The fraction of sp³-hybridized carbons (Fsp3) is 0.348. The molecule has 1 aromatic carbocycles. The monoisotopic (exact) mass is 405 g/mol. The van der Waals surface area contributed by atoms with Crippen LogP contribution in [0.5, 0.6) is 0 Å². The van der Waals surface area contributed by atoms with Gasteiger partial charge in [0.2, 0.25) is 5.91 Å². The molecule has 3 amide bonds. The van der Waals surface area contributed by atoms with E-state index in [1.165, 1.54) is 5.57 Å². The molecule has 7 nitrogen and oxygen atoms in total. The highest BCUT2D eigenvalue weighted by molar-refractivity contribution is 5.90. The van der Waals surface area contributed by atoms with E-state index in [1.807, 2.05) is 60.4 Å². The lowest BCUT2D eigenvalue weighted by molar-refractivity contribution is -0.131. The topological polar surface area (TPSA) is 68.8 Å². The summed E-state index contributed by atoms with van der Waals surface area (Å²) in [6.07, 6.45) is 6.55. The van der Waals surface area contributed by atoms with E-state index in [4.69, 9.17) is 0 Å². The minimum Gasteiger partial charge on any atom is -0.338 e. The average Bonchev–Trinajstić information content (AvgIpc) is 3.18. The summed E-state index contributed by atoms with van der Waals surface area (Å²) in [6.45, 7) is 3.02. The van der Waals surface area contributed by atoms with Crippen molar-refractivity contribution in [1.82, 2.24) is 19.7 Å². The number of aromatic nitrogens is 1. The molecule has 3 heterocycles. The summed E-state index contributed by atoms with van der Waals surface area (Å²) in [5.74, 6) is 0.160. The molecule has 156 valence electrons. The Balaban J connectivity index is 1.33. The van der Waals surface area contributed by atoms with Crippen molar-refractivity contribution in [2.24, 2.45) is 0 Å². The SMILES string of the molecule is CN(C)CC(=O)N1CC=C(c2ccc(NC(=O)N3Cc4ccncc4C3)cc2)CC1. The van der Waals surface area contributed by atoms with E-state index in [0.29, 0.717) is 26.2 Å². The summed E-state index contributed by atoms with van der Waals surface area (Å²) >= 11 is 0. The van der Waals surface area contributed by atoms with Gasteiger partial charge in [-0.25, -0.2) is 4.79 Å². The Labute approximate surface area is 177 Å². The van der Waals surface area contributed by atoms with Crippen molar-refractivity contribution < 1.29 is 9.59 Å². The first-order valence-corrected chi connectivity index (χ1v) is 10.2. The van der Waals surface area contributed by atoms with Crippen LogP contribution in [0.1, 0.15) is 23.1 Å². The van der Waals surface area contributed by atoms with Crippen LogP contribution in [0.15, 0.2) is 48.8 Å². The summed E-state index contributed by atoms with van der Waals surface area (Å²) in [5, 5.41) is 2.98. The lowest BCUT2D eigenvalue weighted by Crippen LogP contribution is -2.40. The van der Waals surface area contributed by atoms with Crippen LogP contribution in [0.3, 0.4) is 0 Å². The molecular weight excluding hydrogens is 378 g/mol. The van der Waals surface area contributed by atoms with Crippen molar-refractivity contribution in [3.63, 3.8) is 0 Å². The van der Waals surface area contributed by atoms with Crippen molar-refractivity contribution in [1.29, 1.82) is 0 Å². The standard InChI is InChI=1S/C23H27N5O2/c1-26(2)16-22(29)27-11-8-18(9-12-27)17-3-5-21(6-4-17)25-23(30)28-14-19-7-10-24-13-20(19)15-28/h3-8,10,13H,9,11-12,14-16H2,1-2H3,(H,25,30). The van der Waals surface area contributed by atoms with Crippen LogP contribution in [0, 0.1) is 0 Å². The summed E-state index contributed by atoms with van der Waals surface area (Å²) in [4.78, 5) is 34.5. The fourth-order valence-corrected chi connectivity index (χ4v) is 3.86. The first-order chi connectivity index (χ1) is 14.5. The minimum absolute atomic E-state index is 0.106. The number of nitrogens with zero attached hydrogens (tertiary/aromatic N) is 4. The second-order valence-corrected chi connectivity index (χ2v) is 8.06. The van der Waals surface area contributed by atoms with E-state index in [2.05, 4.69) is 16.4 Å². The predicted octanol–water partition coefficient (Wildman–Crippen LogP) is 2.81. The van der Waals surface area contributed by atoms with Crippen LogP contribution >= 0.6 is 0 Å². The molecule has 0 saturated carbocycles. The maximum atomic E-state index is 12.6. The van der Waals surface area contributed by atoms with E-state index < -0.39 is 0 Å². The van der Waals surface area contributed by atoms with Crippen LogP contribution < -0.4 is 5.32 Å². The van der Waals surface area contributed by atoms with Gasteiger partial charge in [-0.15, -0.1) is 0 Å². The van der Waals surface area contributed by atoms with Crippen molar-refractivity contribution >= 4 is 23.2 Å². The van der Waals surface area contributed by atoms with Crippen LogP contribution in [-0.2, 0) is 17.9 Å². The quantitative estimate of drug-likeness (QED) is 0.849. The molecule has 1 N–H and O–H groups in total. The molecule has 0 spiro atoms. The number of urea groups is 1. The summed E-state index contributed by atoms with van der Waals surface area (Å²) in [7, 11) is 3.81. The molecule has 0 radical (unpaired) electrons. The lowest BCUT2D eigenvalue weighted by Gasteiger charge is -2.28. The van der Waals surface area contributed by atoms with Gasteiger partial charge >= 0.3 is 6.03 Å². The maximum absolute atomic E-state index is 12.6. The number of fused-ring (bicyclic) bond motifs is 1. The van der Waals surface area contributed by atoms with Crippen LogP contribution in [0.4, 0.5) is 10.5 Å². The number of hydrogen-bond acceptors (Lipinski definition) is 4. The van der Waals surface area contributed by atoms with Gasteiger partial charge in [0.1, 0.15) is 0 Å². The Morgan fingerprint density at radius 2 is 1.83 bits per heavy atom. The highest BCUT2D eigenvalue weighted by atomic mass is 16.2. The van der Waals surface area contributed by atoms with Gasteiger partial charge in [-0.1, -0.05) is 18.2 Å². The van der Waals surface area contributed by atoms with Gasteiger partial charge in [0.25, 0.3) is 0 Å². The van der Waals surface area contributed by atoms with Crippen molar-refractivity contribution in [2.45, 2.75) is 19.5 Å². The third-order valence-electron chi connectivity index (χ3n) is 5.53. The van der Waals surface area contributed by atoms with Gasteiger partial charge in [-0.2, -0.15) is 0 Å². The number of pyridine rings is 1. The smallest absolute Gasteiger partial charge is 0.322 e. The Kier molecular flexibility index (Phi) is 5.81. The highest BCUT2D eigenvalue weighted by Crippen LogP contribution is 2.25. The molecule has 4 rings (SSSR count). The number of carbonyl (C=O) groups is 2. The Bertz CT molecular complexity index is 943. The van der Waals surface area contributed by atoms with Gasteiger partial charge < -0.3 is 20.0 Å². The predicted molar refractivity (Wildman–Crippen MR) is 117 cm³/mol. The third kappa shape index (κ3) is 4.52. The molecule has 7 heteroatoms. The van der Waals surface area contributed by atoms with Crippen LogP contribution in [-0.4, -0.2) is 65.4 Å². The molecule has 0 atom stereocenters. The zero-order valence-electron chi connectivity index (χ0n) is 17.5. The molecule has 2 aliphatic rings. The molecule has 0 unspecified atom stereocenters. The van der Waals surface area contributed by atoms with E-state index in [0.717, 1.165) is 35.3 Å². The molecule has 30 heavy (non-hydrogen) atoms. The molecule has 2 aliphatic heterocycles. The minimum atomic E-state index is -0.106. The number of nitrogens with one attached hydrogen (secondary N) is 1. The molecule has 2 aromatic rings. The Morgan fingerprint density at radius 3 is 2.50 bits per heavy atom. The molecule has 1 aromatic heterocycles. The number of likely N-dealkylation sites (N-methyl/N-ethyl adjacent to an activating group) is 1. The zero-order valence-corrected chi connectivity index (χ0v) is 17.5. The van der Waals surface area contributed by atoms with Gasteiger partial charge in [0, 0.05) is 44.3 Å². The number of amides is 3. The Morgan fingerprint density at radius 1 is 1.07 bits per heavy atom. The summed E-state index contributed by atoms with van der Waals surface area (Å²) < 4.78 is 0. The number of carbonyl (C=O) groups excluding carboxylic acids is 2. The van der Waals surface area contributed by atoms with Crippen molar-refractivity contribution in [3.8, 4) is 0 Å². The van der Waals surface area contributed by atoms with E-state index in [1.54, 1.807) is 11.1 Å². The molecule has 0 saturated heterocycles. The van der Waals surface area contributed by atoms with Gasteiger partial charge in [0.05, 0.1) is 6.54 Å². The number of benzene rings is 1. The second-order valence-electron chi connectivity index (χ2n) is 8.06. The first-order valence-electron chi connectivity index (χ1n) is 10.2. The Hall–Kier alpha value is -3.19. The maximum Gasteiger partial charge on any atom is 0.322 e. The van der Waals surface area contributed by atoms with Crippen LogP contribution in [0.2, 0.25) is 0 Å². The average molecular weight is 406 g/mol. The summed E-state index contributed by atoms with van der Waals surface area (Å²) in [6, 6.07) is 9.78. The molecule has 0 aliphatic carbocycles. The second kappa shape index (κ2) is 8.67. The molecule has 0 fully saturated rings. The highest BCUT2D eigenvalue weighted by Gasteiger charge is 2.23. The lowest BCUT2D eigenvalue weighted by atomic mass is 9.99. The van der Waals surface area contributed by atoms with E-state index >= 15 is 0 Å². The summed E-state index contributed by atoms with van der Waals surface area (Å²) in [5.41, 5.74) is 5.40. The van der Waals surface area contributed by atoms with Crippen molar-refractivity contribution in [2.75, 3.05) is 39.0 Å². The van der Waals surface area contributed by atoms with E-state index in [9.17, 15) is 9.59 Å². The van der Waals surface area contributed by atoms with Crippen LogP contribution in [0.25, 0.3) is 5.57 Å². The third-order valence-corrected chi connectivity index (χ3v) is 5.53. The number of anilines is 1. The zero-order chi connectivity index (χ0) is 21.1. The molecule has 0 bridgehead atoms. The number of rotatable bonds is 4. The normalized spacial score (nSPS) is 15.8. The number of hydrogen-bond donors (Lipinski definition) is 1. The van der Waals surface area contributed by atoms with Gasteiger partial charge in [-0.05, 0) is 61.0 Å². The van der Waals surface area contributed by atoms with Gasteiger partial charge in [-0.3, -0.25) is 9.78 Å². The van der Waals surface area contributed by atoms with Gasteiger partial charge in [0.15, 0.2) is 0 Å². The fourth-order valence-electron chi connectivity index (χ4n) is 3.86. The largest absolute Gasteiger partial charge is 0.338 e. The van der Waals surface area contributed by atoms with E-state index in [-0.39, 0.29) is 11.9 Å². The molecular formula is C23H27N5O2.